The SMILES string of the molecule is CCN(CC)CCN(C(=O)CCSc1ccc(F)cc1)c1nc2cc(C)c(C)cc2s1. The van der Waals surface area contributed by atoms with E-state index in [1.165, 1.54) is 23.3 Å². The number of nitrogens with zero attached hydrogens (tertiary/aromatic N) is 3. The minimum absolute atomic E-state index is 0.0780. The van der Waals surface area contributed by atoms with Crippen LogP contribution in [0.3, 0.4) is 0 Å². The van der Waals surface area contributed by atoms with E-state index in [1.807, 2.05) is 4.90 Å². The molecule has 0 saturated carbocycles. The van der Waals surface area contributed by atoms with E-state index in [-0.39, 0.29) is 11.7 Å². The number of thioether (sulfide) groups is 1. The Morgan fingerprint density at radius 2 is 1.74 bits per heavy atom. The highest BCUT2D eigenvalue weighted by Gasteiger charge is 2.20. The summed E-state index contributed by atoms with van der Waals surface area (Å²) >= 11 is 3.15. The van der Waals surface area contributed by atoms with Gasteiger partial charge in [-0.3, -0.25) is 9.69 Å². The molecule has 0 aliphatic heterocycles. The lowest BCUT2D eigenvalue weighted by atomic mass is 10.1. The van der Waals surface area contributed by atoms with Gasteiger partial charge in [0.1, 0.15) is 5.82 Å². The molecule has 0 N–H and O–H groups in total. The number of anilines is 1. The van der Waals surface area contributed by atoms with Crippen molar-refractivity contribution in [2.24, 2.45) is 0 Å². The Bertz CT molecular complexity index is 977. The van der Waals surface area contributed by atoms with Gasteiger partial charge in [0.05, 0.1) is 10.2 Å². The minimum atomic E-state index is -0.246. The van der Waals surface area contributed by atoms with Gasteiger partial charge in [0.2, 0.25) is 5.91 Å². The number of carbonyl (C=O) groups excluding carboxylic acids is 1. The largest absolute Gasteiger partial charge is 0.302 e. The van der Waals surface area contributed by atoms with Gasteiger partial charge in [0.25, 0.3) is 0 Å². The summed E-state index contributed by atoms with van der Waals surface area (Å²) in [6, 6.07) is 10.7. The zero-order valence-corrected chi connectivity index (χ0v) is 20.3. The Balaban J connectivity index is 1.75. The van der Waals surface area contributed by atoms with E-state index < -0.39 is 0 Å². The molecule has 31 heavy (non-hydrogen) atoms. The third kappa shape index (κ3) is 6.28. The Kier molecular flexibility index (Phi) is 8.46. The fourth-order valence-corrected chi connectivity index (χ4v) is 5.24. The first-order chi connectivity index (χ1) is 14.9. The third-order valence-corrected chi connectivity index (χ3v) is 7.51. The standard InChI is InChI=1S/C24H30FN3OS2/c1-5-27(6-2)12-13-28(23(29)11-14-30-20-9-7-19(25)8-10-20)24-26-21-15-17(3)18(4)16-22(21)31-24/h7-10,15-16H,5-6,11-14H2,1-4H3. The van der Waals surface area contributed by atoms with Gasteiger partial charge in [-0.25, -0.2) is 9.37 Å². The third-order valence-electron chi connectivity index (χ3n) is 5.46. The van der Waals surface area contributed by atoms with Gasteiger partial charge in [-0.2, -0.15) is 0 Å². The second kappa shape index (κ2) is 11.1. The van der Waals surface area contributed by atoms with Gasteiger partial charge < -0.3 is 4.90 Å². The predicted molar refractivity (Wildman–Crippen MR) is 131 cm³/mol. The number of amides is 1. The monoisotopic (exact) mass is 459 g/mol. The molecule has 1 heterocycles. The molecule has 3 rings (SSSR count). The highest BCUT2D eigenvalue weighted by atomic mass is 32.2. The summed E-state index contributed by atoms with van der Waals surface area (Å²) in [5.74, 6) is 0.480. The van der Waals surface area contributed by atoms with Crippen LogP contribution in [0.25, 0.3) is 10.2 Å². The second-order valence-electron chi connectivity index (χ2n) is 7.53. The van der Waals surface area contributed by atoms with Gasteiger partial charge in [-0.05, 0) is 74.5 Å². The number of hydrogen-bond donors (Lipinski definition) is 0. The van der Waals surface area contributed by atoms with Gasteiger partial charge in [-0.15, -0.1) is 11.8 Å². The highest BCUT2D eigenvalue weighted by molar-refractivity contribution is 7.99. The first-order valence-corrected chi connectivity index (χ1v) is 12.5. The van der Waals surface area contributed by atoms with Crippen molar-refractivity contribution in [2.75, 3.05) is 36.8 Å². The summed E-state index contributed by atoms with van der Waals surface area (Å²) in [5.41, 5.74) is 3.39. The topological polar surface area (TPSA) is 36.4 Å². The van der Waals surface area contributed by atoms with E-state index in [1.54, 1.807) is 35.2 Å². The number of thiazole rings is 1. The number of hydrogen-bond acceptors (Lipinski definition) is 5. The van der Waals surface area contributed by atoms with E-state index >= 15 is 0 Å². The average molecular weight is 460 g/mol. The number of rotatable bonds is 10. The van der Waals surface area contributed by atoms with Crippen LogP contribution >= 0.6 is 23.1 Å². The van der Waals surface area contributed by atoms with Crippen LogP contribution in [-0.2, 0) is 4.79 Å². The minimum Gasteiger partial charge on any atom is -0.302 e. The molecule has 3 aromatic rings. The van der Waals surface area contributed by atoms with E-state index in [0.29, 0.717) is 18.7 Å². The maximum absolute atomic E-state index is 13.2. The molecule has 0 atom stereocenters. The van der Waals surface area contributed by atoms with Crippen molar-refractivity contribution in [3.8, 4) is 0 Å². The molecule has 166 valence electrons. The molecule has 2 aromatic carbocycles. The summed E-state index contributed by atoms with van der Waals surface area (Å²) in [7, 11) is 0. The number of carbonyl (C=O) groups is 1. The maximum atomic E-state index is 13.2. The molecule has 7 heteroatoms. The van der Waals surface area contributed by atoms with Crippen LogP contribution in [0.15, 0.2) is 41.3 Å². The van der Waals surface area contributed by atoms with Crippen LogP contribution in [0.5, 0.6) is 0 Å². The van der Waals surface area contributed by atoms with Crippen LogP contribution in [0, 0.1) is 19.7 Å². The lowest BCUT2D eigenvalue weighted by Gasteiger charge is -2.24. The molecule has 0 bridgehead atoms. The summed E-state index contributed by atoms with van der Waals surface area (Å²) in [6.45, 7) is 11.8. The maximum Gasteiger partial charge on any atom is 0.229 e. The average Bonchev–Trinajstić information content (AvgIpc) is 3.15. The van der Waals surface area contributed by atoms with Crippen LogP contribution in [0.4, 0.5) is 9.52 Å². The molecule has 0 aliphatic rings. The molecule has 0 unspecified atom stereocenters. The smallest absolute Gasteiger partial charge is 0.229 e. The molecular weight excluding hydrogens is 429 g/mol. The number of likely N-dealkylation sites (N-methyl/N-ethyl adjacent to an activating group) is 1. The Morgan fingerprint density at radius 3 is 2.42 bits per heavy atom. The van der Waals surface area contributed by atoms with Crippen molar-refractivity contribution in [3.05, 3.63) is 53.3 Å². The first kappa shape index (κ1) is 23.7. The number of aromatic nitrogens is 1. The van der Waals surface area contributed by atoms with Crippen molar-refractivity contribution in [3.63, 3.8) is 0 Å². The van der Waals surface area contributed by atoms with E-state index in [9.17, 15) is 9.18 Å². The summed E-state index contributed by atoms with van der Waals surface area (Å²) in [6.07, 6.45) is 0.411. The normalized spacial score (nSPS) is 11.4. The number of fused-ring (bicyclic) bond motifs is 1. The van der Waals surface area contributed by atoms with Gasteiger partial charge in [0, 0.05) is 30.2 Å². The second-order valence-corrected chi connectivity index (χ2v) is 9.70. The summed E-state index contributed by atoms with van der Waals surface area (Å²) < 4.78 is 14.2. The van der Waals surface area contributed by atoms with Crippen molar-refractivity contribution in [1.82, 2.24) is 9.88 Å². The fourth-order valence-electron chi connectivity index (χ4n) is 3.31. The summed E-state index contributed by atoms with van der Waals surface area (Å²) in [5, 5.41) is 0.768. The zero-order valence-electron chi connectivity index (χ0n) is 18.7. The van der Waals surface area contributed by atoms with Crippen molar-refractivity contribution in [1.29, 1.82) is 0 Å². The van der Waals surface area contributed by atoms with Crippen molar-refractivity contribution < 1.29 is 9.18 Å². The van der Waals surface area contributed by atoms with Crippen LogP contribution in [0.2, 0.25) is 0 Å². The lowest BCUT2D eigenvalue weighted by molar-refractivity contribution is -0.118. The highest BCUT2D eigenvalue weighted by Crippen LogP contribution is 2.31. The van der Waals surface area contributed by atoms with Gasteiger partial charge in [-0.1, -0.05) is 25.2 Å². The molecular formula is C24H30FN3OS2. The molecule has 0 radical (unpaired) electrons. The predicted octanol–water partition coefficient (Wildman–Crippen LogP) is 5.91. The molecule has 0 spiro atoms. The first-order valence-electron chi connectivity index (χ1n) is 10.7. The lowest BCUT2D eigenvalue weighted by Crippen LogP contribution is -2.39. The summed E-state index contributed by atoms with van der Waals surface area (Å²) in [4.78, 5) is 23.1. The molecule has 0 saturated heterocycles. The van der Waals surface area contributed by atoms with Crippen LogP contribution in [0.1, 0.15) is 31.4 Å². The fraction of sp³-hybridized carbons (Fsp3) is 0.417. The Morgan fingerprint density at radius 1 is 1.06 bits per heavy atom. The molecule has 1 aromatic heterocycles. The molecule has 0 aliphatic carbocycles. The van der Waals surface area contributed by atoms with Crippen molar-refractivity contribution in [2.45, 2.75) is 39.0 Å². The Hall–Kier alpha value is -1.96. The molecule has 1 amide bonds. The molecule has 0 fully saturated rings. The number of benzene rings is 2. The van der Waals surface area contributed by atoms with E-state index in [0.717, 1.165) is 39.9 Å². The van der Waals surface area contributed by atoms with Crippen molar-refractivity contribution >= 4 is 44.4 Å². The number of aryl methyl sites for hydroxylation is 2. The van der Waals surface area contributed by atoms with Gasteiger partial charge >= 0.3 is 0 Å². The number of halogens is 1. The van der Waals surface area contributed by atoms with E-state index in [4.69, 9.17) is 4.98 Å². The molecule has 4 nitrogen and oxygen atoms in total. The zero-order chi connectivity index (χ0) is 22.4. The van der Waals surface area contributed by atoms with Crippen LogP contribution in [-0.4, -0.2) is 47.7 Å². The quantitative estimate of drug-likeness (QED) is 0.353. The van der Waals surface area contributed by atoms with Crippen LogP contribution < -0.4 is 4.90 Å². The van der Waals surface area contributed by atoms with Gasteiger partial charge in [0.15, 0.2) is 5.13 Å². The Labute approximate surface area is 192 Å². The van der Waals surface area contributed by atoms with E-state index in [2.05, 4.69) is 44.7 Å².